The number of aldehydes is 1. The van der Waals surface area contributed by atoms with Crippen molar-refractivity contribution in [3.05, 3.63) is 77.9 Å². The molecule has 0 saturated heterocycles. The summed E-state index contributed by atoms with van der Waals surface area (Å²) in [4.78, 5) is 23.3. The van der Waals surface area contributed by atoms with Gasteiger partial charge in [0.25, 0.3) is 0 Å². The summed E-state index contributed by atoms with van der Waals surface area (Å²) in [5, 5.41) is 0. The normalized spacial score (nSPS) is 13.3. The van der Waals surface area contributed by atoms with Crippen molar-refractivity contribution < 1.29 is 14.3 Å². The lowest BCUT2D eigenvalue weighted by Crippen LogP contribution is -2.32. The number of benzene rings is 2. The molecule has 0 radical (unpaired) electrons. The molecule has 0 N–H and O–H groups in total. The summed E-state index contributed by atoms with van der Waals surface area (Å²) < 4.78 is 4.67. The van der Waals surface area contributed by atoms with Gasteiger partial charge in [0.2, 0.25) is 0 Å². The maximum absolute atomic E-state index is 12.7. The van der Waals surface area contributed by atoms with Crippen molar-refractivity contribution in [3.8, 4) is 0 Å². The zero-order valence-corrected chi connectivity index (χ0v) is 15.1. The van der Waals surface area contributed by atoms with Gasteiger partial charge in [0, 0.05) is 12.2 Å². The number of hydrogen-bond donors (Lipinski definition) is 0. The lowest BCUT2D eigenvalue weighted by atomic mass is 10.1. The van der Waals surface area contributed by atoms with Crippen LogP contribution in [0.15, 0.2) is 66.7 Å². The number of rotatable bonds is 9. The van der Waals surface area contributed by atoms with E-state index in [1.165, 1.54) is 11.8 Å². The number of carbonyl (C=O) groups excluding carboxylic acids is 2. The van der Waals surface area contributed by atoms with Crippen molar-refractivity contribution in [3.63, 3.8) is 0 Å². The molecule has 0 spiro atoms. The van der Waals surface area contributed by atoms with Crippen LogP contribution in [0.1, 0.15) is 24.5 Å². The van der Waals surface area contributed by atoms with E-state index in [1.54, 1.807) is 0 Å². The average Bonchev–Trinajstić information content (AvgIpc) is 2.66. The quantitative estimate of drug-likeness (QED) is 0.377. The van der Waals surface area contributed by atoms with E-state index in [0.717, 1.165) is 17.4 Å². The SMILES string of the molecule is C[C@@](C=Cc1ccccc1)(SCCC=O)C(=O)OCc1ccccc1. The maximum Gasteiger partial charge on any atom is 0.326 e. The second-order valence-electron chi connectivity index (χ2n) is 5.72. The topological polar surface area (TPSA) is 43.4 Å². The van der Waals surface area contributed by atoms with Gasteiger partial charge in [-0.15, -0.1) is 11.8 Å². The molecule has 0 unspecified atom stereocenters. The van der Waals surface area contributed by atoms with Gasteiger partial charge in [0.15, 0.2) is 0 Å². The summed E-state index contributed by atoms with van der Waals surface area (Å²) in [5.74, 6) is 0.263. The Morgan fingerprint density at radius 3 is 2.36 bits per heavy atom. The Morgan fingerprint density at radius 1 is 1.08 bits per heavy atom. The molecular formula is C21H22O3S. The molecule has 25 heavy (non-hydrogen) atoms. The fraction of sp³-hybridized carbons (Fsp3) is 0.238. The van der Waals surface area contributed by atoms with Crippen molar-refractivity contribution >= 4 is 30.1 Å². The summed E-state index contributed by atoms with van der Waals surface area (Å²) in [5.41, 5.74) is 1.96. The molecule has 130 valence electrons. The smallest absolute Gasteiger partial charge is 0.326 e. The van der Waals surface area contributed by atoms with E-state index in [1.807, 2.05) is 79.7 Å². The summed E-state index contributed by atoms with van der Waals surface area (Å²) in [6.07, 6.45) is 5.04. The van der Waals surface area contributed by atoms with Gasteiger partial charge < -0.3 is 9.53 Å². The fourth-order valence-electron chi connectivity index (χ4n) is 2.18. The van der Waals surface area contributed by atoms with Crippen molar-refractivity contribution in [2.45, 2.75) is 24.7 Å². The van der Waals surface area contributed by atoms with Crippen molar-refractivity contribution in [2.75, 3.05) is 5.75 Å². The second-order valence-corrected chi connectivity index (χ2v) is 7.26. The molecule has 0 aliphatic rings. The van der Waals surface area contributed by atoms with Crippen molar-refractivity contribution in [1.82, 2.24) is 0 Å². The Hall–Kier alpha value is -2.33. The van der Waals surface area contributed by atoms with Crippen LogP contribution >= 0.6 is 11.8 Å². The van der Waals surface area contributed by atoms with Crippen LogP contribution in [0.4, 0.5) is 0 Å². The maximum atomic E-state index is 12.7. The predicted octanol–water partition coefficient (Wildman–Crippen LogP) is 4.52. The van der Waals surface area contributed by atoms with Gasteiger partial charge in [-0.2, -0.15) is 0 Å². The molecule has 2 rings (SSSR count). The lowest BCUT2D eigenvalue weighted by Gasteiger charge is -2.23. The molecule has 0 bridgehead atoms. The molecule has 2 aromatic rings. The molecule has 0 aliphatic carbocycles. The first kappa shape index (κ1) is 19.0. The molecule has 0 amide bonds. The molecule has 0 aromatic heterocycles. The lowest BCUT2D eigenvalue weighted by molar-refractivity contribution is -0.146. The zero-order valence-electron chi connectivity index (χ0n) is 14.3. The van der Waals surface area contributed by atoms with Crippen molar-refractivity contribution in [1.29, 1.82) is 0 Å². The highest BCUT2D eigenvalue weighted by Gasteiger charge is 2.32. The molecule has 2 aromatic carbocycles. The molecule has 0 heterocycles. The summed E-state index contributed by atoms with van der Waals surface area (Å²) in [6, 6.07) is 19.4. The monoisotopic (exact) mass is 354 g/mol. The van der Waals surface area contributed by atoms with Crippen LogP contribution < -0.4 is 0 Å². The van der Waals surface area contributed by atoms with Crippen LogP contribution in [-0.4, -0.2) is 22.8 Å². The Bertz CT molecular complexity index is 698. The first-order chi connectivity index (χ1) is 12.1. The van der Waals surface area contributed by atoms with Crippen molar-refractivity contribution in [2.24, 2.45) is 0 Å². The minimum absolute atomic E-state index is 0.239. The minimum atomic E-state index is -0.840. The van der Waals surface area contributed by atoms with Crippen LogP contribution in [0.3, 0.4) is 0 Å². The standard InChI is InChI=1S/C21H22O3S/c1-21(25-16-8-15-22,14-13-18-9-4-2-5-10-18)20(23)24-17-19-11-6-3-7-12-19/h2-7,9-15H,8,16-17H2,1H3/t21-/m0/s1. The van der Waals surface area contributed by atoms with Crippen LogP contribution in [0, 0.1) is 0 Å². The molecule has 0 aliphatic heterocycles. The van der Waals surface area contributed by atoms with E-state index in [4.69, 9.17) is 4.74 Å². The largest absolute Gasteiger partial charge is 0.460 e. The average molecular weight is 354 g/mol. The van der Waals surface area contributed by atoms with Gasteiger partial charge in [-0.25, -0.2) is 0 Å². The number of ether oxygens (including phenoxy) is 1. The first-order valence-electron chi connectivity index (χ1n) is 8.17. The van der Waals surface area contributed by atoms with Crippen LogP contribution in [0.25, 0.3) is 6.08 Å². The fourth-order valence-corrected chi connectivity index (χ4v) is 3.16. The van der Waals surface area contributed by atoms with E-state index in [0.29, 0.717) is 12.2 Å². The zero-order chi connectivity index (χ0) is 18.0. The summed E-state index contributed by atoms with van der Waals surface area (Å²) >= 11 is 1.42. The Labute approximate surface area is 153 Å². The highest BCUT2D eigenvalue weighted by Crippen LogP contribution is 2.30. The minimum Gasteiger partial charge on any atom is -0.460 e. The van der Waals surface area contributed by atoms with E-state index in [2.05, 4.69) is 0 Å². The van der Waals surface area contributed by atoms with E-state index in [9.17, 15) is 9.59 Å². The highest BCUT2D eigenvalue weighted by molar-refractivity contribution is 8.01. The Morgan fingerprint density at radius 2 is 1.72 bits per heavy atom. The predicted molar refractivity (Wildman–Crippen MR) is 103 cm³/mol. The number of thioether (sulfide) groups is 1. The molecule has 3 nitrogen and oxygen atoms in total. The van der Waals surface area contributed by atoms with Crippen LogP contribution in [-0.2, 0) is 20.9 Å². The molecular weight excluding hydrogens is 332 g/mol. The van der Waals surface area contributed by atoms with Gasteiger partial charge in [-0.3, -0.25) is 4.79 Å². The van der Waals surface area contributed by atoms with Crippen LogP contribution in [0.2, 0.25) is 0 Å². The van der Waals surface area contributed by atoms with E-state index in [-0.39, 0.29) is 12.6 Å². The van der Waals surface area contributed by atoms with Gasteiger partial charge >= 0.3 is 5.97 Å². The van der Waals surface area contributed by atoms with Gasteiger partial charge in [0.05, 0.1) is 0 Å². The third-order valence-corrected chi connectivity index (χ3v) is 4.99. The second kappa shape index (κ2) is 9.84. The third-order valence-electron chi connectivity index (χ3n) is 3.65. The summed E-state index contributed by atoms with van der Waals surface area (Å²) in [7, 11) is 0. The van der Waals surface area contributed by atoms with Gasteiger partial charge in [-0.05, 0) is 18.1 Å². The first-order valence-corrected chi connectivity index (χ1v) is 9.15. The number of hydrogen-bond acceptors (Lipinski definition) is 4. The Kier molecular flexibility index (Phi) is 7.48. The summed E-state index contributed by atoms with van der Waals surface area (Å²) in [6.45, 7) is 2.07. The highest BCUT2D eigenvalue weighted by atomic mass is 32.2. The number of carbonyl (C=O) groups is 2. The van der Waals surface area contributed by atoms with Gasteiger partial charge in [-0.1, -0.05) is 72.8 Å². The Balaban J connectivity index is 2.08. The third kappa shape index (κ3) is 6.24. The molecule has 1 atom stereocenters. The molecule has 4 heteroatoms. The van der Waals surface area contributed by atoms with Crippen LogP contribution in [0.5, 0.6) is 0 Å². The van der Waals surface area contributed by atoms with Gasteiger partial charge in [0.1, 0.15) is 17.6 Å². The van der Waals surface area contributed by atoms with E-state index < -0.39 is 4.75 Å². The number of esters is 1. The van der Waals surface area contributed by atoms with E-state index >= 15 is 0 Å². The molecule has 0 saturated carbocycles. The molecule has 0 fully saturated rings.